The molecule has 18 heavy (non-hydrogen) atoms. The van der Waals surface area contributed by atoms with Gasteiger partial charge in [0, 0.05) is 18.2 Å². The van der Waals surface area contributed by atoms with Crippen LogP contribution in [0.25, 0.3) is 0 Å². The van der Waals surface area contributed by atoms with E-state index in [1.165, 1.54) is 28.8 Å². The van der Waals surface area contributed by atoms with Gasteiger partial charge in [-0.25, -0.2) is 8.78 Å². The summed E-state index contributed by atoms with van der Waals surface area (Å²) in [5, 5.41) is 8.86. The Morgan fingerprint density at radius 1 is 1.56 bits per heavy atom. The molecule has 0 aliphatic carbocycles. The molecule has 98 valence electrons. The highest BCUT2D eigenvalue weighted by molar-refractivity contribution is 8.00. The van der Waals surface area contributed by atoms with Gasteiger partial charge >= 0.3 is 0 Å². The van der Waals surface area contributed by atoms with Crippen LogP contribution in [-0.2, 0) is 4.79 Å². The predicted octanol–water partition coefficient (Wildman–Crippen LogP) is 1.92. The zero-order valence-corrected chi connectivity index (χ0v) is 10.6. The van der Waals surface area contributed by atoms with E-state index in [0.717, 1.165) is 6.07 Å². The minimum absolute atomic E-state index is 0.144. The first kappa shape index (κ1) is 13.3. The lowest BCUT2D eigenvalue weighted by Crippen LogP contribution is -2.34. The normalized spacial score (nSPS) is 21.4. The molecule has 1 N–H and O–H groups in total. The molecule has 3 nitrogen and oxygen atoms in total. The third kappa shape index (κ3) is 2.64. The van der Waals surface area contributed by atoms with Crippen LogP contribution in [0.3, 0.4) is 0 Å². The van der Waals surface area contributed by atoms with E-state index in [4.69, 9.17) is 0 Å². The highest BCUT2D eigenvalue weighted by atomic mass is 32.2. The van der Waals surface area contributed by atoms with E-state index in [-0.39, 0.29) is 23.8 Å². The van der Waals surface area contributed by atoms with Crippen LogP contribution >= 0.6 is 11.8 Å². The second-order valence-corrected chi connectivity index (χ2v) is 5.29. The summed E-state index contributed by atoms with van der Waals surface area (Å²) in [5.41, 5.74) is 0.271. The average Bonchev–Trinajstić information content (AvgIpc) is 2.60. The molecule has 1 aliphatic rings. The number of β-amino-alcohol motifs (C(OH)–C–C–N with tert-alkyl or cyclic N) is 1. The molecule has 6 heteroatoms. The van der Waals surface area contributed by atoms with Gasteiger partial charge in [0.15, 0.2) is 0 Å². The molecule has 0 bridgehead atoms. The summed E-state index contributed by atoms with van der Waals surface area (Å²) in [5.74, 6) is -1.21. The maximum Gasteiger partial charge on any atom is 0.233 e. The van der Waals surface area contributed by atoms with Gasteiger partial charge in [-0.1, -0.05) is 6.07 Å². The van der Waals surface area contributed by atoms with Crippen LogP contribution in [0.2, 0.25) is 0 Å². The van der Waals surface area contributed by atoms with Crippen LogP contribution in [-0.4, -0.2) is 34.3 Å². The SMILES string of the molecule is C[C@@H](O)CN1C(=O)CS[C@H]1c1ccc(F)cc1F. The number of halogens is 2. The van der Waals surface area contributed by atoms with Gasteiger partial charge in [0.2, 0.25) is 5.91 Å². The van der Waals surface area contributed by atoms with Crippen LogP contribution in [0.1, 0.15) is 17.9 Å². The molecule has 2 atom stereocenters. The third-order valence-corrected chi connectivity index (χ3v) is 3.90. The Bertz CT molecular complexity index is 467. The topological polar surface area (TPSA) is 40.5 Å². The number of benzene rings is 1. The van der Waals surface area contributed by atoms with Gasteiger partial charge in [0.25, 0.3) is 0 Å². The van der Waals surface area contributed by atoms with Crippen molar-refractivity contribution >= 4 is 17.7 Å². The molecule has 0 radical (unpaired) electrons. The van der Waals surface area contributed by atoms with Gasteiger partial charge in [-0.2, -0.15) is 0 Å². The number of aliphatic hydroxyl groups excluding tert-OH is 1. The monoisotopic (exact) mass is 273 g/mol. The lowest BCUT2D eigenvalue weighted by molar-refractivity contribution is -0.129. The average molecular weight is 273 g/mol. The fraction of sp³-hybridized carbons (Fsp3) is 0.417. The number of rotatable bonds is 3. The van der Waals surface area contributed by atoms with E-state index >= 15 is 0 Å². The van der Waals surface area contributed by atoms with Crippen molar-refractivity contribution in [3.05, 3.63) is 35.4 Å². The molecule has 2 rings (SSSR count). The summed E-state index contributed by atoms with van der Waals surface area (Å²) in [7, 11) is 0. The summed E-state index contributed by atoms with van der Waals surface area (Å²) in [6.07, 6.45) is -0.682. The van der Waals surface area contributed by atoms with Gasteiger partial charge in [0.1, 0.15) is 17.0 Å². The molecule has 1 fully saturated rings. The van der Waals surface area contributed by atoms with Crippen molar-refractivity contribution in [3.8, 4) is 0 Å². The fourth-order valence-corrected chi connectivity index (χ4v) is 3.12. The molecule has 1 aliphatic heterocycles. The van der Waals surface area contributed by atoms with Gasteiger partial charge in [0.05, 0.1) is 11.9 Å². The molecular formula is C12H13F2NO2S. The van der Waals surface area contributed by atoms with Crippen molar-refractivity contribution in [1.82, 2.24) is 4.90 Å². The summed E-state index contributed by atoms with van der Waals surface area (Å²) in [4.78, 5) is 13.1. The molecule has 1 aromatic carbocycles. The highest BCUT2D eigenvalue weighted by Gasteiger charge is 2.34. The quantitative estimate of drug-likeness (QED) is 0.914. The van der Waals surface area contributed by atoms with E-state index in [9.17, 15) is 18.7 Å². The largest absolute Gasteiger partial charge is 0.392 e. The first-order chi connectivity index (χ1) is 8.49. The van der Waals surface area contributed by atoms with Crippen molar-refractivity contribution in [2.24, 2.45) is 0 Å². The number of hydrogen-bond donors (Lipinski definition) is 1. The Morgan fingerprint density at radius 3 is 2.89 bits per heavy atom. The van der Waals surface area contributed by atoms with Crippen molar-refractivity contribution < 1.29 is 18.7 Å². The van der Waals surface area contributed by atoms with Crippen LogP contribution in [0.4, 0.5) is 8.78 Å². The maximum absolute atomic E-state index is 13.7. The lowest BCUT2D eigenvalue weighted by atomic mass is 10.2. The molecular weight excluding hydrogens is 260 g/mol. The van der Waals surface area contributed by atoms with E-state index in [0.29, 0.717) is 0 Å². The Hall–Kier alpha value is -1.14. The Kier molecular flexibility index (Phi) is 3.87. The third-order valence-electron chi connectivity index (χ3n) is 2.66. The minimum Gasteiger partial charge on any atom is -0.392 e. The first-order valence-corrected chi connectivity index (χ1v) is 6.58. The van der Waals surface area contributed by atoms with Crippen molar-refractivity contribution in [2.75, 3.05) is 12.3 Å². The van der Waals surface area contributed by atoms with E-state index in [1.54, 1.807) is 6.92 Å². The zero-order chi connectivity index (χ0) is 13.3. The van der Waals surface area contributed by atoms with Gasteiger partial charge in [-0.3, -0.25) is 4.79 Å². The van der Waals surface area contributed by atoms with Crippen LogP contribution in [0.5, 0.6) is 0 Å². The van der Waals surface area contributed by atoms with Crippen LogP contribution in [0, 0.1) is 11.6 Å². The van der Waals surface area contributed by atoms with Gasteiger partial charge in [-0.15, -0.1) is 11.8 Å². The lowest BCUT2D eigenvalue weighted by Gasteiger charge is -2.25. The molecule has 0 aromatic heterocycles. The second kappa shape index (κ2) is 5.24. The number of carbonyl (C=O) groups is 1. The smallest absolute Gasteiger partial charge is 0.233 e. The Morgan fingerprint density at radius 2 is 2.28 bits per heavy atom. The summed E-state index contributed by atoms with van der Waals surface area (Å²) in [6, 6.07) is 3.32. The van der Waals surface area contributed by atoms with Crippen molar-refractivity contribution in [2.45, 2.75) is 18.4 Å². The number of aliphatic hydroxyl groups is 1. The number of amides is 1. The second-order valence-electron chi connectivity index (χ2n) is 4.22. The molecule has 1 saturated heterocycles. The predicted molar refractivity (Wildman–Crippen MR) is 65.0 cm³/mol. The van der Waals surface area contributed by atoms with Crippen molar-refractivity contribution in [1.29, 1.82) is 0 Å². The summed E-state index contributed by atoms with van der Waals surface area (Å²) >= 11 is 1.28. The number of carbonyl (C=O) groups excluding carboxylic acids is 1. The molecule has 0 unspecified atom stereocenters. The van der Waals surface area contributed by atoms with E-state index in [2.05, 4.69) is 0 Å². The maximum atomic E-state index is 13.7. The molecule has 1 amide bonds. The highest BCUT2D eigenvalue weighted by Crippen LogP contribution is 2.39. The molecule has 0 spiro atoms. The van der Waals surface area contributed by atoms with Crippen LogP contribution in [0.15, 0.2) is 18.2 Å². The molecule has 0 saturated carbocycles. The first-order valence-electron chi connectivity index (χ1n) is 5.53. The Labute approximate surface area is 108 Å². The molecule has 1 heterocycles. The Balaban J connectivity index is 2.28. The summed E-state index contributed by atoms with van der Waals surface area (Å²) in [6.45, 7) is 1.71. The molecule has 1 aromatic rings. The number of hydrogen-bond acceptors (Lipinski definition) is 3. The number of thioether (sulfide) groups is 1. The van der Waals surface area contributed by atoms with Gasteiger partial charge < -0.3 is 10.0 Å². The number of nitrogens with zero attached hydrogens (tertiary/aromatic N) is 1. The van der Waals surface area contributed by atoms with Crippen LogP contribution < -0.4 is 0 Å². The van der Waals surface area contributed by atoms with E-state index in [1.807, 2.05) is 0 Å². The standard InChI is InChI=1S/C12H13F2NO2S/c1-7(16)5-15-11(17)6-18-12(15)9-3-2-8(13)4-10(9)14/h2-4,7,12,16H,5-6H2,1H3/t7-,12+/m1/s1. The summed E-state index contributed by atoms with van der Waals surface area (Å²) < 4.78 is 26.5. The van der Waals surface area contributed by atoms with Crippen molar-refractivity contribution in [3.63, 3.8) is 0 Å². The minimum atomic E-state index is -0.682. The zero-order valence-electron chi connectivity index (χ0n) is 9.77. The van der Waals surface area contributed by atoms with E-state index < -0.39 is 23.1 Å². The fourth-order valence-electron chi connectivity index (χ4n) is 1.90. The van der Waals surface area contributed by atoms with Gasteiger partial charge in [-0.05, 0) is 13.0 Å².